The number of hydrogen-bond acceptors (Lipinski definition) is 5. The van der Waals surface area contributed by atoms with Crippen LogP contribution < -0.4 is 5.32 Å². The van der Waals surface area contributed by atoms with Crippen LogP contribution in [0, 0.1) is 15.9 Å². The molecule has 0 aliphatic rings. The molecular weight excluding hydrogens is 253 g/mol. The summed E-state index contributed by atoms with van der Waals surface area (Å²) in [4.78, 5) is 10.3. The van der Waals surface area contributed by atoms with Crippen molar-refractivity contribution in [3.63, 3.8) is 0 Å². The maximum atomic E-state index is 13.2. The lowest BCUT2D eigenvalue weighted by molar-refractivity contribution is -0.385. The summed E-state index contributed by atoms with van der Waals surface area (Å²) in [5, 5.41) is 21.5. The molecule has 8 heteroatoms. The zero-order chi connectivity index (χ0) is 13.8. The molecule has 1 aromatic heterocycles. The molecule has 100 valence electrons. The van der Waals surface area contributed by atoms with Crippen LogP contribution in [0.15, 0.2) is 24.4 Å². The van der Waals surface area contributed by atoms with Crippen LogP contribution >= 0.6 is 0 Å². The number of nitro benzene ring substituents is 1. The molecule has 19 heavy (non-hydrogen) atoms. The van der Waals surface area contributed by atoms with Gasteiger partial charge in [0.05, 0.1) is 28.9 Å². The van der Waals surface area contributed by atoms with E-state index in [-0.39, 0.29) is 17.8 Å². The molecule has 7 nitrogen and oxygen atoms in total. The Bertz CT molecular complexity index is 599. The van der Waals surface area contributed by atoms with Gasteiger partial charge in [-0.2, -0.15) is 0 Å². The highest BCUT2D eigenvalue weighted by molar-refractivity contribution is 5.40. The summed E-state index contributed by atoms with van der Waals surface area (Å²) in [6.45, 7) is 0.649. The van der Waals surface area contributed by atoms with Crippen LogP contribution in [0.5, 0.6) is 0 Å². The quantitative estimate of drug-likeness (QED) is 0.646. The Hall–Kier alpha value is -2.35. The van der Waals surface area contributed by atoms with E-state index in [2.05, 4.69) is 15.6 Å². The lowest BCUT2D eigenvalue weighted by Gasteiger charge is -2.02. The Morgan fingerprint density at radius 3 is 3.00 bits per heavy atom. The Labute approximate surface area is 108 Å². The molecule has 0 saturated heterocycles. The van der Waals surface area contributed by atoms with Gasteiger partial charge in [-0.15, -0.1) is 5.10 Å². The molecule has 1 aromatic carbocycles. The standard InChI is InChI=1S/C11H12FN5O2/c1-13-5-10-7-16(15-14-10)6-8-4-9(12)2-3-11(8)17(18)19/h2-4,7,13H,5-6H2,1H3. The summed E-state index contributed by atoms with van der Waals surface area (Å²) >= 11 is 0. The topological polar surface area (TPSA) is 85.9 Å². The van der Waals surface area contributed by atoms with E-state index in [9.17, 15) is 14.5 Å². The van der Waals surface area contributed by atoms with Gasteiger partial charge in [0.1, 0.15) is 5.82 Å². The van der Waals surface area contributed by atoms with E-state index in [0.717, 1.165) is 18.2 Å². The van der Waals surface area contributed by atoms with Crippen molar-refractivity contribution in [1.29, 1.82) is 0 Å². The van der Waals surface area contributed by atoms with Gasteiger partial charge in [-0.3, -0.25) is 10.1 Å². The fourth-order valence-corrected chi connectivity index (χ4v) is 1.71. The number of benzene rings is 1. The van der Waals surface area contributed by atoms with Crippen molar-refractivity contribution in [1.82, 2.24) is 20.3 Å². The molecule has 1 heterocycles. The first-order valence-corrected chi connectivity index (χ1v) is 5.56. The normalized spacial score (nSPS) is 10.6. The summed E-state index contributed by atoms with van der Waals surface area (Å²) in [7, 11) is 1.77. The van der Waals surface area contributed by atoms with E-state index < -0.39 is 10.7 Å². The molecule has 0 bridgehead atoms. The van der Waals surface area contributed by atoms with Gasteiger partial charge < -0.3 is 5.32 Å². The number of hydrogen-bond donors (Lipinski definition) is 1. The predicted octanol–water partition coefficient (Wildman–Crippen LogP) is 1.09. The second-order valence-electron chi connectivity index (χ2n) is 3.97. The summed E-state index contributed by atoms with van der Waals surface area (Å²) < 4.78 is 14.6. The molecule has 0 unspecified atom stereocenters. The largest absolute Gasteiger partial charge is 0.314 e. The molecule has 0 amide bonds. The van der Waals surface area contributed by atoms with Crippen LogP contribution in [-0.2, 0) is 13.1 Å². The Morgan fingerprint density at radius 1 is 1.53 bits per heavy atom. The molecule has 0 aliphatic carbocycles. The highest BCUT2D eigenvalue weighted by Crippen LogP contribution is 2.20. The van der Waals surface area contributed by atoms with Crippen molar-refractivity contribution in [3.8, 4) is 0 Å². The Kier molecular flexibility index (Phi) is 3.81. The van der Waals surface area contributed by atoms with E-state index in [1.165, 1.54) is 4.68 Å². The molecule has 0 spiro atoms. The number of nitrogens with zero attached hydrogens (tertiary/aromatic N) is 4. The molecule has 0 fully saturated rings. The zero-order valence-electron chi connectivity index (χ0n) is 10.2. The second-order valence-corrected chi connectivity index (χ2v) is 3.97. The van der Waals surface area contributed by atoms with E-state index in [1.54, 1.807) is 13.2 Å². The monoisotopic (exact) mass is 265 g/mol. The molecule has 0 aliphatic heterocycles. The van der Waals surface area contributed by atoms with Gasteiger partial charge >= 0.3 is 0 Å². The third-order valence-corrected chi connectivity index (χ3v) is 2.51. The number of nitro groups is 1. The van der Waals surface area contributed by atoms with Crippen LogP contribution in [0.3, 0.4) is 0 Å². The van der Waals surface area contributed by atoms with Crippen LogP contribution in [0.2, 0.25) is 0 Å². The lowest BCUT2D eigenvalue weighted by atomic mass is 10.2. The first kappa shape index (κ1) is 13.1. The van der Waals surface area contributed by atoms with Gasteiger partial charge in [-0.25, -0.2) is 9.07 Å². The minimum absolute atomic E-state index is 0.102. The molecule has 0 radical (unpaired) electrons. The van der Waals surface area contributed by atoms with Crippen molar-refractivity contribution < 1.29 is 9.31 Å². The number of rotatable bonds is 5. The maximum Gasteiger partial charge on any atom is 0.274 e. The predicted molar refractivity (Wildman–Crippen MR) is 64.9 cm³/mol. The van der Waals surface area contributed by atoms with Gasteiger partial charge in [-0.05, 0) is 19.2 Å². The number of aromatic nitrogens is 3. The van der Waals surface area contributed by atoms with Gasteiger partial charge in [0.15, 0.2) is 0 Å². The van der Waals surface area contributed by atoms with Crippen molar-refractivity contribution in [3.05, 3.63) is 51.6 Å². The smallest absolute Gasteiger partial charge is 0.274 e. The van der Waals surface area contributed by atoms with Crippen molar-refractivity contribution >= 4 is 5.69 Å². The molecule has 0 atom stereocenters. The summed E-state index contributed by atoms with van der Waals surface area (Å²) in [5.41, 5.74) is 0.833. The minimum atomic E-state index is -0.541. The van der Waals surface area contributed by atoms with Gasteiger partial charge in [0.25, 0.3) is 5.69 Å². The maximum absolute atomic E-state index is 13.2. The Morgan fingerprint density at radius 2 is 2.32 bits per heavy atom. The molecule has 2 rings (SSSR count). The first-order valence-electron chi connectivity index (χ1n) is 5.56. The summed E-state index contributed by atoms with van der Waals surface area (Å²) in [6, 6.07) is 3.35. The molecule has 2 aromatic rings. The summed E-state index contributed by atoms with van der Waals surface area (Å²) in [6.07, 6.45) is 1.66. The van der Waals surface area contributed by atoms with E-state index >= 15 is 0 Å². The Balaban J connectivity index is 2.26. The van der Waals surface area contributed by atoms with Crippen molar-refractivity contribution in [2.75, 3.05) is 7.05 Å². The number of nitrogens with one attached hydrogen (secondary N) is 1. The highest BCUT2D eigenvalue weighted by Gasteiger charge is 2.15. The van der Waals surface area contributed by atoms with Crippen LogP contribution in [-0.4, -0.2) is 27.0 Å². The van der Waals surface area contributed by atoms with Crippen molar-refractivity contribution in [2.24, 2.45) is 0 Å². The van der Waals surface area contributed by atoms with E-state index in [1.807, 2.05) is 0 Å². The average molecular weight is 265 g/mol. The second kappa shape index (κ2) is 5.53. The van der Waals surface area contributed by atoms with E-state index in [0.29, 0.717) is 12.2 Å². The van der Waals surface area contributed by atoms with Crippen LogP contribution in [0.4, 0.5) is 10.1 Å². The third-order valence-electron chi connectivity index (χ3n) is 2.51. The van der Waals surface area contributed by atoms with Crippen molar-refractivity contribution in [2.45, 2.75) is 13.1 Å². The molecule has 1 N–H and O–H groups in total. The lowest BCUT2D eigenvalue weighted by Crippen LogP contribution is -2.05. The van der Waals surface area contributed by atoms with Gasteiger partial charge in [0, 0.05) is 12.6 Å². The van der Waals surface area contributed by atoms with E-state index in [4.69, 9.17) is 0 Å². The van der Waals surface area contributed by atoms with Gasteiger partial charge in [0.2, 0.25) is 0 Å². The third kappa shape index (κ3) is 3.10. The van der Waals surface area contributed by atoms with Gasteiger partial charge in [-0.1, -0.05) is 5.21 Å². The molecule has 0 saturated carbocycles. The minimum Gasteiger partial charge on any atom is -0.314 e. The average Bonchev–Trinajstić information content (AvgIpc) is 2.77. The molecular formula is C11H12FN5O2. The fourth-order valence-electron chi connectivity index (χ4n) is 1.71. The zero-order valence-corrected chi connectivity index (χ0v) is 10.2. The fraction of sp³-hybridized carbons (Fsp3) is 0.273. The number of halogens is 1. The summed E-state index contributed by atoms with van der Waals surface area (Å²) in [5.74, 6) is -0.517. The van der Waals surface area contributed by atoms with Crippen LogP contribution in [0.1, 0.15) is 11.3 Å². The SMILES string of the molecule is CNCc1cn(Cc2cc(F)ccc2[N+](=O)[O-])nn1. The first-order chi connectivity index (χ1) is 9.10. The van der Waals surface area contributed by atoms with Crippen LogP contribution in [0.25, 0.3) is 0 Å². The highest BCUT2D eigenvalue weighted by atomic mass is 19.1.